The van der Waals surface area contributed by atoms with E-state index in [4.69, 9.17) is 5.11 Å². The Morgan fingerprint density at radius 1 is 1.46 bits per heavy atom. The number of Topliss-reactive ketones (excluding diaryl/α,β-unsaturated/α-hetero) is 1. The highest BCUT2D eigenvalue weighted by molar-refractivity contribution is 5.96. The molecule has 0 heterocycles. The van der Waals surface area contributed by atoms with Gasteiger partial charge in [-0.05, 0) is 12.1 Å². The van der Waals surface area contributed by atoms with Gasteiger partial charge in [-0.3, -0.25) is 4.79 Å². The number of carbonyl (C=O) groups excluding carboxylic acids is 1. The van der Waals surface area contributed by atoms with Crippen molar-refractivity contribution in [1.29, 1.82) is 0 Å². The fourth-order valence-corrected chi connectivity index (χ4v) is 0.940. The summed E-state index contributed by atoms with van der Waals surface area (Å²) >= 11 is 0. The van der Waals surface area contributed by atoms with E-state index >= 15 is 0 Å². The van der Waals surface area contributed by atoms with Gasteiger partial charge in [-0.2, -0.15) is 4.39 Å². The van der Waals surface area contributed by atoms with Crippen LogP contribution in [0.15, 0.2) is 12.1 Å². The number of hydrogen-bond donors (Lipinski definition) is 1. The van der Waals surface area contributed by atoms with Gasteiger partial charge in [-0.1, -0.05) is 6.92 Å². The second-order valence-corrected chi connectivity index (χ2v) is 2.57. The molecule has 1 rings (SSSR count). The minimum absolute atomic E-state index is 0.0149. The zero-order chi connectivity index (χ0) is 10.0. The maximum atomic E-state index is 12.6. The van der Waals surface area contributed by atoms with Crippen molar-refractivity contribution in [1.82, 2.24) is 0 Å². The summed E-state index contributed by atoms with van der Waals surface area (Å²) in [4.78, 5) is 11.0. The number of phenols is 1. The summed E-state index contributed by atoms with van der Waals surface area (Å²) in [5.74, 6) is -3.71. The molecule has 13 heavy (non-hydrogen) atoms. The molecule has 0 aliphatic heterocycles. The smallest absolute Gasteiger partial charge is 0.200 e. The number of benzene rings is 1. The second kappa shape index (κ2) is 3.51. The van der Waals surface area contributed by atoms with Crippen LogP contribution in [0.25, 0.3) is 0 Å². The average molecular weight is 186 g/mol. The van der Waals surface area contributed by atoms with Crippen LogP contribution in [0.2, 0.25) is 0 Å². The Balaban J connectivity index is 3.20. The Labute approximate surface area is 73.8 Å². The maximum Gasteiger partial charge on any atom is 0.200 e. The lowest BCUT2D eigenvalue weighted by Gasteiger charge is -2.01. The van der Waals surface area contributed by atoms with Crippen molar-refractivity contribution >= 4 is 5.78 Å². The van der Waals surface area contributed by atoms with Crippen molar-refractivity contribution < 1.29 is 18.7 Å². The summed E-state index contributed by atoms with van der Waals surface area (Å²) in [5.41, 5.74) is -0.0149. The maximum absolute atomic E-state index is 12.6. The van der Waals surface area contributed by atoms with E-state index < -0.39 is 17.4 Å². The van der Waals surface area contributed by atoms with Crippen LogP contribution in [0.3, 0.4) is 0 Å². The molecular weight excluding hydrogens is 178 g/mol. The van der Waals surface area contributed by atoms with Crippen LogP contribution < -0.4 is 0 Å². The Morgan fingerprint density at radius 2 is 2.08 bits per heavy atom. The van der Waals surface area contributed by atoms with Gasteiger partial charge in [0, 0.05) is 12.0 Å². The highest BCUT2D eigenvalue weighted by Crippen LogP contribution is 2.21. The number of phenolic OH excluding ortho intramolecular Hbond substituents is 1. The molecule has 0 bridgehead atoms. The number of hydrogen-bond acceptors (Lipinski definition) is 2. The Kier molecular flexibility index (Phi) is 2.60. The van der Waals surface area contributed by atoms with Crippen LogP contribution in [0.4, 0.5) is 8.78 Å². The molecule has 1 aromatic rings. The molecule has 0 atom stereocenters. The number of aromatic hydroxyl groups is 1. The molecule has 0 saturated heterocycles. The van der Waals surface area contributed by atoms with Crippen LogP contribution in [0, 0.1) is 11.6 Å². The second-order valence-electron chi connectivity index (χ2n) is 2.57. The molecule has 0 aliphatic carbocycles. The molecule has 0 aromatic heterocycles. The van der Waals surface area contributed by atoms with Crippen molar-refractivity contribution in [3.05, 3.63) is 29.3 Å². The molecule has 70 valence electrons. The molecule has 0 unspecified atom stereocenters. The minimum Gasteiger partial charge on any atom is -0.505 e. The summed E-state index contributed by atoms with van der Waals surface area (Å²) in [6, 6.07) is 1.70. The Morgan fingerprint density at radius 3 is 2.54 bits per heavy atom. The highest BCUT2D eigenvalue weighted by atomic mass is 19.2. The molecule has 2 nitrogen and oxygen atoms in total. The summed E-state index contributed by atoms with van der Waals surface area (Å²) in [7, 11) is 0. The van der Waals surface area contributed by atoms with Crippen molar-refractivity contribution in [2.45, 2.75) is 13.3 Å². The fraction of sp³-hybridized carbons (Fsp3) is 0.222. The monoisotopic (exact) mass is 186 g/mol. The molecule has 0 fully saturated rings. The van der Waals surface area contributed by atoms with E-state index in [1.54, 1.807) is 6.92 Å². The van der Waals surface area contributed by atoms with Gasteiger partial charge in [0.05, 0.1) is 0 Å². The van der Waals surface area contributed by atoms with E-state index in [1.807, 2.05) is 0 Å². The largest absolute Gasteiger partial charge is 0.505 e. The van der Waals surface area contributed by atoms with E-state index in [2.05, 4.69) is 0 Å². The number of carbonyl (C=O) groups is 1. The van der Waals surface area contributed by atoms with Gasteiger partial charge in [0.25, 0.3) is 0 Å². The lowest BCUT2D eigenvalue weighted by molar-refractivity contribution is 0.0987. The van der Waals surface area contributed by atoms with Crippen LogP contribution in [0.5, 0.6) is 5.75 Å². The van der Waals surface area contributed by atoms with E-state index in [-0.39, 0.29) is 17.8 Å². The number of ketones is 1. The third-order valence-corrected chi connectivity index (χ3v) is 1.65. The SMILES string of the molecule is CCC(=O)c1cc(O)c(F)c(F)c1. The van der Waals surface area contributed by atoms with Gasteiger partial charge in [0.2, 0.25) is 0 Å². The van der Waals surface area contributed by atoms with E-state index in [9.17, 15) is 13.6 Å². The Bertz CT molecular complexity index is 324. The zero-order valence-electron chi connectivity index (χ0n) is 6.97. The van der Waals surface area contributed by atoms with Crippen molar-refractivity contribution in [3.63, 3.8) is 0 Å². The van der Waals surface area contributed by atoms with E-state index in [1.165, 1.54) is 0 Å². The molecule has 1 aromatic carbocycles. The molecule has 0 aliphatic rings. The molecule has 0 radical (unpaired) electrons. The first kappa shape index (κ1) is 9.64. The van der Waals surface area contributed by atoms with Crippen LogP contribution in [-0.2, 0) is 0 Å². The van der Waals surface area contributed by atoms with E-state index in [0.29, 0.717) is 0 Å². The lowest BCUT2D eigenvalue weighted by atomic mass is 10.1. The van der Waals surface area contributed by atoms with E-state index in [0.717, 1.165) is 12.1 Å². The molecule has 4 heteroatoms. The number of halogens is 2. The molecule has 0 spiro atoms. The minimum atomic E-state index is -1.33. The van der Waals surface area contributed by atoms with Crippen LogP contribution in [0.1, 0.15) is 23.7 Å². The highest BCUT2D eigenvalue weighted by Gasteiger charge is 2.12. The van der Waals surface area contributed by atoms with Gasteiger partial charge in [0.1, 0.15) is 0 Å². The quantitative estimate of drug-likeness (QED) is 0.719. The van der Waals surface area contributed by atoms with Gasteiger partial charge >= 0.3 is 0 Å². The van der Waals surface area contributed by atoms with Gasteiger partial charge in [-0.15, -0.1) is 0 Å². The summed E-state index contributed by atoms with van der Waals surface area (Å²) in [5, 5.41) is 8.86. The average Bonchev–Trinajstić information content (AvgIpc) is 2.12. The summed E-state index contributed by atoms with van der Waals surface area (Å²) < 4.78 is 25.2. The normalized spacial score (nSPS) is 10.1. The topological polar surface area (TPSA) is 37.3 Å². The molecule has 0 saturated carbocycles. The summed E-state index contributed by atoms with van der Waals surface area (Å²) in [6.07, 6.45) is 0.185. The predicted molar refractivity (Wildman–Crippen MR) is 42.6 cm³/mol. The third-order valence-electron chi connectivity index (χ3n) is 1.65. The third kappa shape index (κ3) is 1.83. The standard InChI is InChI=1S/C9H8F2O2/c1-2-7(12)5-3-6(10)9(11)8(13)4-5/h3-4,13H,2H2,1H3. The molecule has 0 amide bonds. The predicted octanol–water partition coefficient (Wildman–Crippen LogP) is 2.26. The first-order chi connectivity index (χ1) is 6.06. The summed E-state index contributed by atoms with van der Waals surface area (Å²) in [6.45, 7) is 1.60. The lowest BCUT2D eigenvalue weighted by Crippen LogP contribution is -1.98. The van der Waals surface area contributed by atoms with Gasteiger partial charge < -0.3 is 5.11 Å². The van der Waals surface area contributed by atoms with Crippen molar-refractivity contribution in [2.24, 2.45) is 0 Å². The van der Waals surface area contributed by atoms with Crippen molar-refractivity contribution in [3.8, 4) is 5.75 Å². The van der Waals surface area contributed by atoms with Crippen LogP contribution >= 0.6 is 0 Å². The first-order valence-electron chi connectivity index (χ1n) is 3.77. The molecule has 1 N–H and O–H groups in total. The fourth-order valence-electron chi connectivity index (χ4n) is 0.940. The Hall–Kier alpha value is -1.45. The van der Waals surface area contributed by atoms with Crippen molar-refractivity contribution in [2.75, 3.05) is 0 Å². The molecular formula is C9H8F2O2. The van der Waals surface area contributed by atoms with Gasteiger partial charge in [-0.25, -0.2) is 4.39 Å². The van der Waals surface area contributed by atoms with Crippen LogP contribution in [-0.4, -0.2) is 10.9 Å². The first-order valence-corrected chi connectivity index (χ1v) is 3.77. The zero-order valence-corrected chi connectivity index (χ0v) is 6.97. The number of rotatable bonds is 2. The van der Waals surface area contributed by atoms with Gasteiger partial charge in [0.15, 0.2) is 23.2 Å².